The summed E-state index contributed by atoms with van der Waals surface area (Å²) >= 11 is 0. The molecule has 6 aromatic rings. The van der Waals surface area contributed by atoms with Crippen molar-refractivity contribution in [2.24, 2.45) is 4.99 Å². The summed E-state index contributed by atoms with van der Waals surface area (Å²) in [5.74, 6) is 0.900. The van der Waals surface area contributed by atoms with Crippen LogP contribution < -0.4 is 10.6 Å². The van der Waals surface area contributed by atoms with E-state index in [1.165, 1.54) is 37.9 Å². The van der Waals surface area contributed by atoms with Gasteiger partial charge in [-0.25, -0.2) is 4.99 Å². The van der Waals surface area contributed by atoms with Crippen LogP contribution >= 0.6 is 0 Å². The van der Waals surface area contributed by atoms with Gasteiger partial charge in [-0.2, -0.15) is 0 Å². The predicted molar refractivity (Wildman–Crippen MR) is 150 cm³/mol. The Labute approximate surface area is 210 Å². The van der Waals surface area contributed by atoms with Crippen molar-refractivity contribution in [1.82, 2.24) is 10.6 Å². The van der Waals surface area contributed by atoms with Gasteiger partial charge in [-0.1, -0.05) is 121 Å². The molecule has 0 fully saturated rings. The lowest BCUT2D eigenvalue weighted by molar-refractivity contribution is 0.409. The monoisotopic (exact) mass is 463 g/mol. The third kappa shape index (κ3) is 3.53. The van der Waals surface area contributed by atoms with Crippen LogP contribution in [0.1, 0.15) is 29.0 Å². The lowest BCUT2D eigenvalue weighted by atomic mass is 9.93. The largest absolute Gasteiger partial charge is 0.350 e. The third-order valence-electron chi connectivity index (χ3n) is 7.13. The van der Waals surface area contributed by atoms with Crippen molar-refractivity contribution >= 4 is 38.2 Å². The van der Waals surface area contributed by atoms with Crippen LogP contribution in [0.3, 0.4) is 0 Å². The maximum Gasteiger partial charge on any atom is 0.131 e. The molecular weight excluding hydrogens is 438 g/mol. The molecule has 0 amide bonds. The fraction of sp³-hybridized carbons (Fsp3) is 0.0606. The number of amidine groups is 1. The number of hydrogen-bond acceptors (Lipinski definition) is 3. The van der Waals surface area contributed by atoms with Gasteiger partial charge in [0.05, 0.1) is 0 Å². The molecule has 0 bridgehead atoms. The van der Waals surface area contributed by atoms with Crippen LogP contribution in [0.4, 0.5) is 0 Å². The molecule has 0 radical (unpaired) electrons. The molecule has 0 aliphatic carbocycles. The van der Waals surface area contributed by atoms with Crippen molar-refractivity contribution in [1.29, 1.82) is 0 Å². The van der Waals surface area contributed by atoms with Gasteiger partial charge < -0.3 is 5.32 Å². The minimum Gasteiger partial charge on any atom is -0.350 e. The molecule has 0 spiro atoms. The lowest BCUT2D eigenvalue weighted by Gasteiger charge is -2.32. The van der Waals surface area contributed by atoms with Crippen molar-refractivity contribution in [3.8, 4) is 0 Å². The van der Waals surface area contributed by atoms with E-state index in [0.29, 0.717) is 0 Å². The molecule has 2 unspecified atom stereocenters. The Balaban J connectivity index is 1.41. The summed E-state index contributed by atoms with van der Waals surface area (Å²) in [6, 6.07) is 45.1. The van der Waals surface area contributed by atoms with E-state index in [2.05, 4.69) is 132 Å². The molecule has 1 heterocycles. The van der Waals surface area contributed by atoms with E-state index in [4.69, 9.17) is 4.99 Å². The highest BCUT2D eigenvalue weighted by atomic mass is 15.3. The average Bonchev–Trinajstić information content (AvgIpc) is 2.98. The smallest absolute Gasteiger partial charge is 0.131 e. The van der Waals surface area contributed by atoms with Gasteiger partial charge in [0.2, 0.25) is 0 Å². The van der Waals surface area contributed by atoms with Gasteiger partial charge >= 0.3 is 0 Å². The molecule has 7 rings (SSSR count). The Kier molecular flexibility index (Phi) is 5.00. The average molecular weight is 464 g/mol. The minimum absolute atomic E-state index is 0.0482. The van der Waals surface area contributed by atoms with E-state index in [-0.39, 0.29) is 12.3 Å². The van der Waals surface area contributed by atoms with Crippen molar-refractivity contribution < 1.29 is 0 Å². The van der Waals surface area contributed by atoms with Crippen molar-refractivity contribution in [3.63, 3.8) is 0 Å². The number of hydrogen-bond donors (Lipinski definition) is 2. The van der Waals surface area contributed by atoms with E-state index < -0.39 is 0 Å². The molecule has 1 aliphatic rings. The van der Waals surface area contributed by atoms with Crippen LogP contribution in [0, 0.1) is 0 Å². The van der Waals surface area contributed by atoms with E-state index in [1.54, 1.807) is 0 Å². The normalized spacial score (nSPS) is 17.7. The second-order valence-corrected chi connectivity index (χ2v) is 9.30. The van der Waals surface area contributed by atoms with Gasteiger partial charge in [-0.15, -0.1) is 0 Å². The Morgan fingerprint density at radius 3 is 1.64 bits per heavy atom. The molecule has 2 N–H and O–H groups in total. The van der Waals surface area contributed by atoms with Crippen molar-refractivity contribution in [2.75, 3.05) is 0 Å². The molecule has 3 heteroatoms. The maximum absolute atomic E-state index is 5.14. The number of benzene rings is 6. The van der Waals surface area contributed by atoms with Gasteiger partial charge in [0.1, 0.15) is 18.2 Å². The van der Waals surface area contributed by atoms with Gasteiger partial charge in [-0.3, -0.25) is 5.32 Å². The Hall–Kier alpha value is -4.47. The predicted octanol–water partition coefficient (Wildman–Crippen LogP) is 7.48. The zero-order valence-corrected chi connectivity index (χ0v) is 19.7. The van der Waals surface area contributed by atoms with Gasteiger partial charge in [0.15, 0.2) is 0 Å². The molecule has 1 aliphatic heterocycles. The maximum atomic E-state index is 5.14. The third-order valence-corrected chi connectivity index (χ3v) is 7.13. The van der Waals surface area contributed by atoms with Gasteiger partial charge in [0.25, 0.3) is 0 Å². The molecule has 6 aromatic carbocycles. The number of rotatable bonds is 3. The molecule has 36 heavy (non-hydrogen) atoms. The van der Waals surface area contributed by atoms with Crippen LogP contribution in [0.5, 0.6) is 0 Å². The zero-order chi connectivity index (χ0) is 23.9. The van der Waals surface area contributed by atoms with Gasteiger partial charge in [-0.05, 0) is 49.5 Å². The lowest BCUT2D eigenvalue weighted by Crippen LogP contribution is -2.44. The van der Waals surface area contributed by atoms with E-state index in [0.717, 1.165) is 17.0 Å². The molecule has 3 nitrogen and oxygen atoms in total. The van der Waals surface area contributed by atoms with E-state index in [1.807, 2.05) is 6.07 Å². The van der Waals surface area contributed by atoms with Crippen LogP contribution in [0.25, 0.3) is 32.3 Å². The van der Waals surface area contributed by atoms with Crippen LogP contribution in [-0.2, 0) is 0 Å². The Morgan fingerprint density at radius 1 is 0.472 bits per heavy atom. The number of aliphatic imine (C=N–C) groups is 1. The first-order valence-electron chi connectivity index (χ1n) is 12.4. The number of nitrogens with zero attached hydrogens (tertiary/aromatic N) is 1. The number of fused-ring (bicyclic) bond motifs is 6. The summed E-state index contributed by atoms with van der Waals surface area (Å²) in [6.07, 6.45) is -0.228. The molecule has 2 atom stereocenters. The van der Waals surface area contributed by atoms with Crippen LogP contribution in [0.2, 0.25) is 0 Å². The first-order chi connectivity index (χ1) is 17.8. The summed E-state index contributed by atoms with van der Waals surface area (Å²) in [5, 5.41) is 15.0. The molecule has 0 saturated carbocycles. The SMILES string of the molecule is c1ccc(C2=NC(c3ccc4c5ccccc5c5ccccc5c4c3)NC(c3ccccc3)N2)cc1. The fourth-order valence-electron chi connectivity index (χ4n) is 5.38. The second-order valence-electron chi connectivity index (χ2n) is 9.30. The summed E-state index contributed by atoms with van der Waals surface area (Å²) in [5.41, 5.74) is 3.42. The highest BCUT2D eigenvalue weighted by Crippen LogP contribution is 2.37. The first-order valence-corrected chi connectivity index (χ1v) is 12.4. The molecular formula is C33H25N3. The van der Waals surface area contributed by atoms with E-state index in [9.17, 15) is 0 Å². The second kappa shape index (κ2) is 8.63. The van der Waals surface area contributed by atoms with Crippen molar-refractivity contribution in [2.45, 2.75) is 12.3 Å². The highest BCUT2D eigenvalue weighted by Gasteiger charge is 2.25. The first kappa shape index (κ1) is 20.9. The molecule has 0 aromatic heterocycles. The van der Waals surface area contributed by atoms with E-state index >= 15 is 0 Å². The summed E-state index contributed by atoms with van der Waals surface area (Å²) in [7, 11) is 0. The number of nitrogens with one attached hydrogen (secondary N) is 2. The minimum atomic E-state index is -0.179. The fourth-order valence-corrected chi connectivity index (χ4v) is 5.38. The standard InChI is InChI=1S/C33H25N3/c1-3-11-22(12-4-1)31-34-32(23-13-5-2-6-14-23)36-33(35-31)24-19-20-29-27-17-8-7-15-25(27)26-16-9-10-18-28(26)30(29)21-24/h1-21,31,33,35H,(H,34,36). The topological polar surface area (TPSA) is 36.4 Å². The molecule has 0 saturated heterocycles. The van der Waals surface area contributed by atoms with Gasteiger partial charge in [0, 0.05) is 5.56 Å². The van der Waals surface area contributed by atoms with Crippen molar-refractivity contribution in [3.05, 3.63) is 144 Å². The summed E-state index contributed by atoms with van der Waals surface area (Å²) in [4.78, 5) is 5.14. The highest BCUT2D eigenvalue weighted by molar-refractivity contribution is 6.25. The Morgan fingerprint density at radius 2 is 1.00 bits per heavy atom. The summed E-state index contributed by atoms with van der Waals surface area (Å²) in [6.45, 7) is 0. The Bertz CT molecular complexity index is 1700. The molecule has 172 valence electrons. The summed E-state index contributed by atoms with van der Waals surface area (Å²) < 4.78 is 0. The van der Waals surface area contributed by atoms with Crippen LogP contribution in [0.15, 0.2) is 132 Å². The van der Waals surface area contributed by atoms with Crippen LogP contribution in [-0.4, -0.2) is 5.84 Å². The quantitative estimate of drug-likeness (QED) is 0.267. The zero-order valence-electron chi connectivity index (χ0n) is 19.7.